The average molecular weight is 472 g/mol. The number of anilines is 2. The molecule has 0 bridgehead atoms. The van der Waals surface area contributed by atoms with Gasteiger partial charge in [-0.15, -0.1) is 0 Å². The van der Waals surface area contributed by atoms with E-state index in [1.54, 1.807) is 23.1 Å². The van der Waals surface area contributed by atoms with E-state index in [4.69, 9.17) is 18.9 Å². The molecule has 2 aromatic carbocycles. The summed E-state index contributed by atoms with van der Waals surface area (Å²) in [5, 5.41) is 2.80. The molecule has 182 valence electrons. The van der Waals surface area contributed by atoms with Gasteiger partial charge in [0, 0.05) is 24.3 Å². The monoisotopic (exact) mass is 471 g/mol. The SMILES string of the molecule is CCN(CC)C(=O)CN1C(=O)COc2ccc(NC(=O)c3cc(OC)c(OC)c(OC)c3)cc21. The van der Waals surface area contributed by atoms with Crippen LogP contribution in [0.2, 0.25) is 0 Å². The molecule has 0 saturated carbocycles. The number of fused-ring (bicyclic) bond motifs is 1. The smallest absolute Gasteiger partial charge is 0.265 e. The molecule has 10 heteroatoms. The van der Waals surface area contributed by atoms with Crippen LogP contribution in [-0.4, -0.2) is 70.2 Å². The third-order valence-corrected chi connectivity index (χ3v) is 5.50. The van der Waals surface area contributed by atoms with E-state index in [0.717, 1.165) is 0 Å². The second kappa shape index (κ2) is 10.8. The highest BCUT2D eigenvalue weighted by molar-refractivity contribution is 6.07. The maximum atomic E-state index is 13.0. The van der Waals surface area contributed by atoms with Crippen LogP contribution in [0, 0.1) is 0 Å². The fourth-order valence-electron chi connectivity index (χ4n) is 3.68. The van der Waals surface area contributed by atoms with E-state index in [1.807, 2.05) is 13.8 Å². The highest BCUT2D eigenvalue weighted by atomic mass is 16.5. The van der Waals surface area contributed by atoms with Crippen molar-refractivity contribution in [1.82, 2.24) is 4.90 Å². The number of hydrogen-bond acceptors (Lipinski definition) is 7. The quantitative estimate of drug-likeness (QED) is 0.599. The molecule has 0 unspecified atom stereocenters. The minimum absolute atomic E-state index is 0.110. The predicted molar refractivity (Wildman–Crippen MR) is 126 cm³/mol. The van der Waals surface area contributed by atoms with Crippen molar-refractivity contribution >= 4 is 29.1 Å². The lowest BCUT2D eigenvalue weighted by molar-refractivity contribution is -0.131. The fraction of sp³-hybridized carbons (Fsp3) is 0.375. The van der Waals surface area contributed by atoms with Gasteiger partial charge in [0.2, 0.25) is 11.7 Å². The Hall–Kier alpha value is -3.95. The summed E-state index contributed by atoms with van der Waals surface area (Å²) in [7, 11) is 4.41. The molecule has 2 aromatic rings. The van der Waals surface area contributed by atoms with Gasteiger partial charge in [0.05, 0.1) is 27.0 Å². The van der Waals surface area contributed by atoms with E-state index >= 15 is 0 Å². The fourth-order valence-corrected chi connectivity index (χ4v) is 3.68. The first-order valence-corrected chi connectivity index (χ1v) is 10.8. The van der Waals surface area contributed by atoms with Crippen LogP contribution in [-0.2, 0) is 9.59 Å². The molecule has 0 fully saturated rings. The first kappa shape index (κ1) is 24.7. The van der Waals surface area contributed by atoms with E-state index in [2.05, 4.69) is 5.32 Å². The van der Waals surface area contributed by atoms with Gasteiger partial charge in [-0.25, -0.2) is 0 Å². The number of hydrogen-bond donors (Lipinski definition) is 1. The average Bonchev–Trinajstić information content (AvgIpc) is 2.85. The number of carbonyl (C=O) groups is 3. The lowest BCUT2D eigenvalue weighted by Gasteiger charge is -2.31. The van der Waals surface area contributed by atoms with E-state index in [0.29, 0.717) is 47.5 Å². The topological polar surface area (TPSA) is 107 Å². The molecular formula is C24H29N3O7. The maximum absolute atomic E-state index is 13.0. The summed E-state index contributed by atoms with van der Waals surface area (Å²) in [6.07, 6.45) is 0. The van der Waals surface area contributed by atoms with E-state index in [1.165, 1.54) is 38.4 Å². The number of carbonyl (C=O) groups excluding carboxylic acids is 3. The molecule has 3 amide bonds. The van der Waals surface area contributed by atoms with Gasteiger partial charge in [-0.1, -0.05) is 0 Å². The van der Waals surface area contributed by atoms with Crippen LogP contribution >= 0.6 is 0 Å². The van der Waals surface area contributed by atoms with Gasteiger partial charge in [0.15, 0.2) is 18.1 Å². The van der Waals surface area contributed by atoms with Crippen LogP contribution in [0.5, 0.6) is 23.0 Å². The zero-order valence-electron chi connectivity index (χ0n) is 20.0. The second-order valence-electron chi connectivity index (χ2n) is 7.39. The number of benzene rings is 2. The molecule has 1 aliphatic rings. The number of nitrogens with zero attached hydrogens (tertiary/aromatic N) is 2. The summed E-state index contributed by atoms with van der Waals surface area (Å²) >= 11 is 0. The Morgan fingerprint density at radius 2 is 1.68 bits per heavy atom. The molecule has 1 N–H and O–H groups in total. The third kappa shape index (κ3) is 5.00. The van der Waals surface area contributed by atoms with Crippen molar-refractivity contribution in [2.45, 2.75) is 13.8 Å². The van der Waals surface area contributed by atoms with E-state index in [9.17, 15) is 14.4 Å². The lowest BCUT2D eigenvalue weighted by atomic mass is 10.1. The molecule has 0 saturated heterocycles. The molecule has 0 aromatic heterocycles. The molecule has 10 nitrogen and oxygen atoms in total. The largest absolute Gasteiger partial charge is 0.493 e. The summed E-state index contributed by atoms with van der Waals surface area (Å²) < 4.78 is 21.4. The van der Waals surface area contributed by atoms with Crippen molar-refractivity contribution in [3.63, 3.8) is 0 Å². The minimum atomic E-state index is -0.423. The highest BCUT2D eigenvalue weighted by Crippen LogP contribution is 2.39. The zero-order valence-corrected chi connectivity index (χ0v) is 20.0. The van der Waals surface area contributed by atoms with Gasteiger partial charge in [0.25, 0.3) is 11.8 Å². The first-order chi connectivity index (χ1) is 16.4. The Morgan fingerprint density at radius 1 is 1.03 bits per heavy atom. The molecule has 34 heavy (non-hydrogen) atoms. The zero-order chi connectivity index (χ0) is 24.8. The normalized spacial score (nSPS) is 12.4. The van der Waals surface area contributed by atoms with Gasteiger partial charge in [-0.05, 0) is 44.2 Å². The first-order valence-electron chi connectivity index (χ1n) is 10.8. The summed E-state index contributed by atoms with van der Waals surface area (Å²) in [5.74, 6) is 0.597. The van der Waals surface area contributed by atoms with Gasteiger partial charge in [-0.2, -0.15) is 0 Å². The lowest BCUT2D eigenvalue weighted by Crippen LogP contribution is -2.46. The van der Waals surface area contributed by atoms with Crippen molar-refractivity contribution in [3.05, 3.63) is 35.9 Å². The summed E-state index contributed by atoms with van der Waals surface area (Å²) in [5.41, 5.74) is 1.13. The summed E-state index contributed by atoms with van der Waals surface area (Å²) in [4.78, 5) is 41.2. The number of amides is 3. The molecule has 0 spiro atoms. The number of nitrogens with one attached hydrogen (secondary N) is 1. The molecule has 1 heterocycles. The van der Waals surface area contributed by atoms with Crippen LogP contribution in [0.1, 0.15) is 24.2 Å². The Balaban J connectivity index is 1.88. The van der Waals surface area contributed by atoms with Crippen molar-refractivity contribution in [3.8, 4) is 23.0 Å². The highest BCUT2D eigenvalue weighted by Gasteiger charge is 2.29. The van der Waals surface area contributed by atoms with Crippen LogP contribution in [0.4, 0.5) is 11.4 Å². The molecule has 3 rings (SSSR count). The predicted octanol–water partition coefficient (Wildman–Crippen LogP) is 2.56. The second-order valence-corrected chi connectivity index (χ2v) is 7.39. The van der Waals surface area contributed by atoms with Gasteiger partial charge in [0.1, 0.15) is 12.3 Å². The van der Waals surface area contributed by atoms with Crippen molar-refractivity contribution in [2.75, 3.05) is 57.8 Å². The number of ether oxygens (including phenoxy) is 4. The van der Waals surface area contributed by atoms with Crippen molar-refractivity contribution < 1.29 is 33.3 Å². The van der Waals surface area contributed by atoms with Crippen LogP contribution in [0.15, 0.2) is 30.3 Å². The third-order valence-electron chi connectivity index (χ3n) is 5.50. The Morgan fingerprint density at radius 3 is 2.24 bits per heavy atom. The van der Waals surface area contributed by atoms with Crippen LogP contribution in [0.25, 0.3) is 0 Å². The standard InChI is InChI=1S/C24H29N3O7/c1-6-26(7-2)21(28)13-27-17-12-16(8-9-18(17)34-14-22(27)29)25-24(30)15-10-19(31-3)23(33-5)20(11-15)32-4/h8-12H,6-7,13-14H2,1-5H3,(H,25,30). The van der Waals surface area contributed by atoms with Gasteiger partial charge < -0.3 is 29.2 Å². The molecule has 0 radical (unpaired) electrons. The van der Waals surface area contributed by atoms with E-state index in [-0.39, 0.29) is 30.5 Å². The minimum Gasteiger partial charge on any atom is -0.493 e. The van der Waals surface area contributed by atoms with Crippen LogP contribution < -0.4 is 29.2 Å². The molecule has 0 aliphatic carbocycles. The van der Waals surface area contributed by atoms with Crippen molar-refractivity contribution in [1.29, 1.82) is 0 Å². The number of methoxy groups -OCH3 is 3. The molecular weight excluding hydrogens is 442 g/mol. The van der Waals surface area contributed by atoms with Gasteiger partial charge in [-0.3, -0.25) is 19.3 Å². The summed E-state index contributed by atoms with van der Waals surface area (Å²) in [6.45, 7) is 4.59. The van der Waals surface area contributed by atoms with Crippen molar-refractivity contribution in [2.24, 2.45) is 0 Å². The van der Waals surface area contributed by atoms with E-state index < -0.39 is 5.91 Å². The Kier molecular flexibility index (Phi) is 7.83. The van der Waals surface area contributed by atoms with Gasteiger partial charge >= 0.3 is 0 Å². The summed E-state index contributed by atoms with van der Waals surface area (Å²) in [6, 6.07) is 8.00. The maximum Gasteiger partial charge on any atom is 0.265 e. The Labute approximate surface area is 198 Å². The number of rotatable bonds is 9. The Bertz CT molecular complexity index is 1060. The molecule has 1 aliphatic heterocycles. The molecule has 0 atom stereocenters. The number of likely N-dealkylation sites (N-methyl/N-ethyl adjacent to an activating group) is 1. The van der Waals surface area contributed by atoms with Crippen LogP contribution in [0.3, 0.4) is 0 Å².